The highest BCUT2D eigenvalue weighted by Gasteiger charge is 1.98. The Kier molecular flexibility index (Phi) is 6.40. The van der Waals surface area contributed by atoms with Gasteiger partial charge in [0.05, 0.1) is 5.71 Å². The summed E-state index contributed by atoms with van der Waals surface area (Å²) >= 11 is 11.7. The largest absolute Gasteiger partial charge is 0.367 e. The molecule has 0 aliphatic carbocycles. The third-order valence-electron chi connectivity index (χ3n) is 2.99. The number of hydrogen-bond acceptors (Lipinski definition) is 3. The van der Waals surface area contributed by atoms with Gasteiger partial charge in [0.15, 0.2) is 0 Å². The lowest BCUT2D eigenvalue weighted by Gasteiger charge is -2.06. The molecule has 2 rings (SSSR count). The summed E-state index contributed by atoms with van der Waals surface area (Å²) in [5.74, 6) is 0.173. The van der Waals surface area contributed by atoms with E-state index in [1.165, 1.54) is 0 Å². The minimum atomic E-state index is 0.173. The number of rotatable bonds is 5. The monoisotopic (exact) mass is 349 g/mol. The smallest absolute Gasteiger partial charge is 0.228 e. The summed E-state index contributed by atoms with van der Waals surface area (Å²) in [6, 6.07) is 14.9. The van der Waals surface area contributed by atoms with Gasteiger partial charge in [-0.3, -0.25) is 5.43 Å². The number of halogens is 2. The van der Waals surface area contributed by atoms with E-state index in [0.29, 0.717) is 16.6 Å². The maximum Gasteiger partial charge on any atom is 0.228 e. The molecule has 0 saturated carbocycles. The first-order valence-corrected chi connectivity index (χ1v) is 7.67. The SMILES string of the molecule is C/C(=N/N=C(N)NNCc1ccc(Cl)cc1)c1ccc(Cl)cc1. The molecule has 0 fully saturated rings. The molecular formula is C16H17Cl2N5. The van der Waals surface area contributed by atoms with E-state index in [1.54, 1.807) is 12.1 Å². The Morgan fingerprint density at radius 2 is 1.52 bits per heavy atom. The van der Waals surface area contributed by atoms with Gasteiger partial charge in [0.2, 0.25) is 5.96 Å². The van der Waals surface area contributed by atoms with Crippen LogP contribution in [0.1, 0.15) is 18.1 Å². The minimum Gasteiger partial charge on any atom is -0.367 e. The van der Waals surface area contributed by atoms with E-state index in [9.17, 15) is 0 Å². The zero-order chi connectivity index (χ0) is 16.7. The van der Waals surface area contributed by atoms with Crippen molar-refractivity contribution in [2.75, 3.05) is 0 Å². The molecule has 0 aromatic heterocycles. The maximum atomic E-state index is 5.85. The van der Waals surface area contributed by atoms with Crippen LogP contribution in [0.25, 0.3) is 0 Å². The van der Waals surface area contributed by atoms with Gasteiger partial charge in [-0.1, -0.05) is 47.5 Å². The number of nitrogens with two attached hydrogens (primary N) is 1. The predicted octanol–water partition coefficient (Wildman–Crippen LogP) is 3.33. The van der Waals surface area contributed by atoms with Crippen molar-refractivity contribution >= 4 is 34.9 Å². The van der Waals surface area contributed by atoms with E-state index in [4.69, 9.17) is 28.9 Å². The molecule has 0 spiro atoms. The highest BCUT2D eigenvalue weighted by atomic mass is 35.5. The lowest BCUT2D eigenvalue weighted by molar-refractivity contribution is 0.647. The van der Waals surface area contributed by atoms with Crippen molar-refractivity contribution in [3.63, 3.8) is 0 Å². The van der Waals surface area contributed by atoms with Crippen LogP contribution in [0.4, 0.5) is 0 Å². The molecule has 5 nitrogen and oxygen atoms in total. The van der Waals surface area contributed by atoms with Gasteiger partial charge in [-0.15, -0.1) is 5.10 Å². The maximum absolute atomic E-state index is 5.85. The van der Waals surface area contributed by atoms with Crippen LogP contribution in [0.5, 0.6) is 0 Å². The van der Waals surface area contributed by atoms with Gasteiger partial charge in [-0.2, -0.15) is 5.10 Å². The van der Waals surface area contributed by atoms with E-state index < -0.39 is 0 Å². The lowest BCUT2D eigenvalue weighted by Crippen LogP contribution is -2.41. The van der Waals surface area contributed by atoms with Crippen LogP contribution < -0.4 is 16.6 Å². The van der Waals surface area contributed by atoms with Crippen LogP contribution in [0.15, 0.2) is 58.7 Å². The average Bonchev–Trinajstić information content (AvgIpc) is 2.55. The number of benzene rings is 2. The fourth-order valence-corrected chi connectivity index (χ4v) is 1.99. The number of hydrogen-bond donors (Lipinski definition) is 3. The third kappa shape index (κ3) is 5.90. The second-order valence-corrected chi connectivity index (χ2v) is 5.66. The second-order valence-electron chi connectivity index (χ2n) is 4.78. The summed E-state index contributed by atoms with van der Waals surface area (Å²) in [5, 5.41) is 9.38. The summed E-state index contributed by atoms with van der Waals surface area (Å²) in [4.78, 5) is 0. The second kappa shape index (κ2) is 8.53. The first-order valence-electron chi connectivity index (χ1n) is 6.91. The van der Waals surface area contributed by atoms with E-state index in [2.05, 4.69) is 21.1 Å². The Hall–Kier alpha value is -2.08. The van der Waals surface area contributed by atoms with E-state index >= 15 is 0 Å². The Balaban J connectivity index is 1.85. The van der Waals surface area contributed by atoms with E-state index in [0.717, 1.165) is 16.8 Å². The molecule has 120 valence electrons. The van der Waals surface area contributed by atoms with Crippen molar-refractivity contribution in [1.82, 2.24) is 10.9 Å². The van der Waals surface area contributed by atoms with Crippen molar-refractivity contribution in [3.8, 4) is 0 Å². The third-order valence-corrected chi connectivity index (χ3v) is 3.50. The van der Waals surface area contributed by atoms with Crippen molar-refractivity contribution in [2.45, 2.75) is 13.5 Å². The molecule has 0 aliphatic rings. The van der Waals surface area contributed by atoms with Crippen LogP contribution >= 0.6 is 23.2 Å². The van der Waals surface area contributed by atoms with Gasteiger partial charge in [0.1, 0.15) is 0 Å². The number of guanidine groups is 1. The first kappa shape index (κ1) is 17.3. The van der Waals surface area contributed by atoms with Crippen LogP contribution in [0.2, 0.25) is 10.0 Å². The molecule has 0 unspecified atom stereocenters. The molecule has 4 N–H and O–H groups in total. The molecule has 0 atom stereocenters. The lowest BCUT2D eigenvalue weighted by atomic mass is 10.1. The Morgan fingerprint density at radius 1 is 0.957 bits per heavy atom. The standard InChI is InChI=1S/C16H17Cl2N5/c1-11(13-4-8-15(18)9-5-13)21-23-16(19)22-20-10-12-2-6-14(17)7-3-12/h2-9,20H,10H2,1H3,(H3,19,22,23)/b21-11-. The quantitative estimate of drug-likeness (QED) is 0.440. The molecule has 23 heavy (non-hydrogen) atoms. The number of nitrogens with one attached hydrogen (secondary N) is 2. The molecule has 0 saturated heterocycles. The Labute approximate surface area is 145 Å². The average molecular weight is 350 g/mol. The van der Waals surface area contributed by atoms with Gasteiger partial charge < -0.3 is 5.73 Å². The number of nitrogens with zero attached hydrogens (tertiary/aromatic N) is 2. The van der Waals surface area contributed by atoms with Crippen molar-refractivity contribution in [3.05, 3.63) is 69.7 Å². The molecule has 0 heterocycles. The van der Waals surface area contributed by atoms with Gasteiger partial charge in [-0.05, 0) is 42.3 Å². The molecular weight excluding hydrogens is 333 g/mol. The van der Waals surface area contributed by atoms with Gasteiger partial charge >= 0.3 is 0 Å². The van der Waals surface area contributed by atoms with Crippen LogP contribution in [-0.4, -0.2) is 11.7 Å². The van der Waals surface area contributed by atoms with Crippen LogP contribution in [0.3, 0.4) is 0 Å². The van der Waals surface area contributed by atoms with Crippen molar-refractivity contribution in [1.29, 1.82) is 0 Å². The molecule has 0 aliphatic heterocycles. The fraction of sp³-hybridized carbons (Fsp3) is 0.125. The molecule has 7 heteroatoms. The predicted molar refractivity (Wildman–Crippen MR) is 96.7 cm³/mol. The van der Waals surface area contributed by atoms with Crippen LogP contribution in [-0.2, 0) is 6.54 Å². The summed E-state index contributed by atoms with van der Waals surface area (Å²) in [6.07, 6.45) is 0. The zero-order valence-corrected chi connectivity index (χ0v) is 14.1. The fourth-order valence-electron chi connectivity index (χ4n) is 1.74. The van der Waals surface area contributed by atoms with Crippen LogP contribution in [0, 0.1) is 0 Å². The van der Waals surface area contributed by atoms with Crippen molar-refractivity contribution in [2.24, 2.45) is 15.9 Å². The van der Waals surface area contributed by atoms with Gasteiger partial charge in [0.25, 0.3) is 0 Å². The minimum absolute atomic E-state index is 0.173. The molecule has 0 amide bonds. The summed E-state index contributed by atoms with van der Waals surface area (Å²) in [7, 11) is 0. The van der Waals surface area contributed by atoms with E-state index in [1.807, 2.05) is 43.3 Å². The first-order chi connectivity index (χ1) is 11.0. The van der Waals surface area contributed by atoms with E-state index in [-0.39, 0.29) is 5.96 Å². The Morgan fingerprint density at radius 3 is 2.13 bits per heavy atom. The summed E-state index contributed by atoms with van der Waals surface area (Å²) in [5.41, 5.74) is 14.2. The normalized spacial score (nSPS) is 12.3. The van der Waals surface area contributed by atoms with Crippen molar-refractivity contribution < 1.29 is 0 Å². The molecule has 2 aromatic rings. The summed E-state index contributed by atoms with van der Waals surface area (Å²) in [6.45, 7) is 2.43. The van der Waals surface area contributed by atoms with Gasteiger partial charge in [0, 0.05) is 16.6 Å². The molecule has 2 aromatic carbocycles. The highest BCUT2D eigenvalue weighted by Crippen LogP contribution is 2.10. The highest BCUT2D eigenvalue weighted by molar-refractivity contribution is 6.30. The Bertz CT molecular complexity index is 693. The topological polar surface area (TPSA) is 74.8 Å². The molecule has 0 radical (unpaired) electrons. The van der Waals surface area contributed by atoms with Gasteiger partial charge in [-0.25, -0.2) is 5.43 Å². The zero-order valence-electron chi connectivity index (χ0n) is 12.6. The summed E-state index contributed by atoms with van der Waals surface area (Å²) < 4.78 is 0. The molecule has 0 bridgehead atoms. The number of hydrazine groups is 1.